The topological polar surface area (TPSA) is 119 Å². The predicted octanol–water partition coefficient (Wildman–Crippen LogP) is 2.72. The van der Waals surface area contributed by atoms with Gasteiger partial charge in [0.1, 0.15) is 12.0 Å². The Balaban J connectivity index is 1.76. The standard InChI is InChI=1S/C14H10BrFN6O3/c15-10-7-21(6-8-1-3-9(16)4-2-8)20-13(10)18-14(23)12-11(22(24)25)5-17-19-12/h1-5,7H,6H2,(H,17,19)(H,18,20,23). The summed E-state index contributed by atoms with van der Waals surface area (Å²) in [6.07, 6.45) is 2.58. The summed E-state index contributed by atoms with van der Waals surface area (Å²) in [4.78, 5) is 22.3. The van der Waals surface area contributed by atoms with Gasteiger partial charge in [0.25, 0.3) is 5.91 Å². The Bertz CT molecular complexity index is 936. The first-order chi connectivity index (χ1) is 11.9. The minimum Gasteiger partial charge on any atom is -0.303 e. The average Bonchev–Trinajstić information content (AvgIpc) is 3.17. The second-order valence-corrected chi connectivity index (χ2v) is 5.85. The Morgan fingerprint density at radius 3 is 2.80 bits per heavy atom. The number of benzene rings is 1. The van der Waals surface area contributed by atoms with Crippen LogP contribution in [0.3, 0.4) is 0 Å². The van der Waals surface area contributed by atoms with E-state index in [-0.39, 0.29) is 17.3 Å². The van der Waals surface area contributed by atoms with Gasteiger partial charge in [0.15, 0.2) is 5.82 Å². The number of amides is 1. The third-order valence-electron chi connectivity index (χ3n) is 3.25. The van der Waals surface area contributed by atoms with Crippen LogP contribution < -0.4 is 5.32 Å². The largest absolute Gasteiger partial charge is 0.319 e. The summed E-state index contributed by atoms with van der Waals surface area (Å²) < 4.78 is 15.0. The number of H-pyrrole nitrogens is 1. The van der Waals surface area contributed by atoms with Crippen LogP contribution in [0.15, 0.2) is 41.1 Å². The fourth-order valence-corrected chi connectivity index (χ4v) is 2.51. The second-order valence-electron chi connectivity index (χ2n) is 4.99. The third-order valence-corrected chi connectivity index (χ3v) is 3.83. The van der Waals surface area contributed by atoms with Gasteiger partial charge in [-0.3, -0.25) is 24.7 Å². The number of nitro groups is 1. The molecule has 0 spiro atoms. The van der Waals surface area contributed by atoms with Crippen LogP contribution in [0.5, 0.6) is 0 Å². The van der Waals surface area contributed by atoms with E-state index in [4.69, 9.17) is 0 Å². The number of nitrogens with one attached hydrogen (secondary N) is 2. The summed E-state index contributed by atoms with van der Waals surface area (Å²) in [7, 11) is 0. The van der Waals surface area contributed by atoms with Gasteiger partial charge in [-0.05, 0) is 33.6 Å². The Morgan fingerprint density at radius 2 is 2.12 bits per heavy atom. The zero-order valence-electron chi connectivity index (χ0n) is 12.4. The quantitative estimate of drug-likeness (QED) is 0.496. The first kappa shape index (κ1) is 16.8. The molecule has 0 aliphatic rings. The number of hydrogen-bond acceptors (Lipinski definition) is 5. The molecule has 2 heterocycles. The van der Waals surface area contributed by atoms with Gasteiger partial charge in [0, 0.05) is 6.20 Å². The van der Waals surface area contributed by atoms with Gasteiger partial charge in [-0.25, -0.2) is 4.39 Å². The lowest BCUT2D eigenvalue weighted by Crippen LogP contribution is -2.15. The third kappa shape index (κ3) is 3.71. The van der Waals surface area contributed by atoms with Crippen molar-refractivity contribution in [3.05, 3.63) is 68.3 Å². The molecule has 1 amide bonds. The van der Waals surface area contributed by atoms with Gasteiger partial charge in [0.2, 0.25) is 5.69 Å². The molecule has 0 radical (unpaired) electrons. The van der Waals surface area contributed by atoms with Crippen LogP contribution in [0.2, 0.25) is 0 Å². The van der Waals surface area contributed by atoms with Gasteiger partial charge in [-0.2, -0.15) is 10.2 Å². The fraction of sp³-hybridized carbons (Fsp3) is 0.0714. The van der Waals surface area contributed by atoms with Crippen molar-refractivity contribution in [2.45, 2.75) is 6.54 Å². The molecular formula is C14H10BrFN6O3. The van der Waals surface area contributed by atoms with Crippen molar-refractivity contribution >= 4 is 33.3 Å². The van der Waals surface area contributed by atoms with Gasteiger partial charge >= 0.3 is 5.69 Å². The molecule has 2 aromatic heterocycles. The molecular weight excluding hydrogens is 399 g/mol. The lowest BCUT2D eigenvalue weighted by atomic mass is 10.2. The minimum atomic E-state index is -0.739. The number of carbonyl (C=O) groups is 1. The van der Waals surface area contributed by atoms with Crippen LogP contribution >= 0.6 is 15.9 Å². The van der Waals surface area contributed by atoms with Crippen molar-refractivity contribution in [1.82, 2.24) is 20.0 Å². The maximum Gasteiger partial charge on any atom is 0.319 e. The Morgan fingerprint density at radius 1 is 1.40 bits per heavy atom. The van der Waals surface area contributed by atoms with Gasteiger partial charge in [-0.1, -0.05) is 12.1 Å². The first-order valence-electron chi connectivity index (χ1n) is 6.90. The lowest BCUT2D eigenvalue weighted by Gasteiger charge is -2.02. The minimum absolute atomic E-state index is 0.191. The van der Waals surface area contributed by atoms with Crippen LogP contribution in [0.4, 0.5) is 15.9 Å². The van der Waals surface area contributed by atoms with Gasteiger partial charge in [0.05, 0.1) is 15.9 Å². The molecule has 11 heteroatoms. The summed E-state index contributed by atoms with van der Waals surface area (Å²) in [5.41, 5.74) is 0.114. The number of hydrogen-bond donors (Lipinski definition) is 2. The highest BCUT2D eigenvalue weighted by Crippen LogP contribution is 2.23. The van der Waals surface area contributed by atoms with Crippen LogP contribution in [0.1, 0.15) is 16.1 Å². The van der Waals surface area contributed by atoms with E-state index in [1.54, 1.807) is 18.3 Å². The molecule has 0 saturated heterocycles. The summed E-state index contributed by atoms with van der Waals surface area (Å²) in [6, 6.07) is 5.93. The molecule has 2 N–H and O–H groups in total. The molecule has 1 aromatic carbocycles. The molecule has 0 unspecified atom stereocenters. The molecule has 0 bridgehead atoms. The predicted molar refractivity (Wildman–Crippen MR) is 88.6 cm³/mol. The SMILES string of the molecule is O=C(Nc1nn(Cc2ccc(F)cc2)cc1Br)c1[nH]ncc1[N+](=O)[O-]. The van der Waals surface area contributed by atoms with E-state index in [1.807, 2.05) is 0 Å². The Labute approximate surface area is 148 Å². The molecule has 0 saturated carbocycles. The fourth-order valence-electron chi connectivity index (χ4n) is 2.09. The second kappa shape index (κ2) is 6.81. The van der Waals surface area contributed by atoms with E-state index in [2.05, 4.69) is 36.5 Å². The number of anilines is 1. The molecule has 0 atom stereocenters. The Hall–Kier alpha value is -3.08. The van der Waals surface area contributed by atoms with Crippen molar-refractivity contribution in [2.75, 3.05) is 5.32 Å². The highest BCUT2D eigenvalue weighted by molar-refractivity contribution is 9.10. The zero-order chi connectivity index (χ0) is 18.0. The Kier molecular flexibility index (Phi) is 4.57. The van der Waals surface area contributed by atoms with Gasteiger partial charge < -0.3 is 5.32 Å². The van der Waals surface area contributed by atoms with Gasteiger partial charge in [-0.15, -0.1) is 0 Å². The molecule has 9 nitrogen and oxygen atoms in total. The molecule has 128 valence electrons. The average molecular weight is 409 g/mol. The maximum atomic E-state index is 12.9. The normalized spacial score (nSPS) is 10.6. The van der Waals surface area contributed by atoms with Crippen LogP contribution in [0, 0.1) is 15.9 Å². The van der Waals surface area contributed by atoms with Crippen molar-refractivity contribution < 1.29 is 14.1 Å². The zero-order valence-corrected chi connectivity index (χ0v) is 14.0. The van der Waals surface area contributed by atoms with E-state index >= 15 is 0 Å². The molecule has 3 rings (SSSR count). The van der Waals surface area contributed by atoms with E-state index < -0.39 is 16.5 Å². The van der Waals surface area contributed by atoms with Crippen LogP contribution in [-0.2, 0) is 6.54 Å². The molecule has 0 aliphatic heterocycles. The monoisotopic (exact) mass is 408 g/mol. The number of rotatable bonds is 5. The number of carbonyl (C=O) groups excluding carboxylic acids is 1. The van der Waals surface area contributed by atoms with Crippen molar-refractivity contribution in [2.24, 2.45) is 0 Å². The number of aromatic nitrogens is 4. The van der Waals surface area contributed by atoms with Crippen LogP contribution in [-0.4, -0.2) is 30.8 Å². The van der Waals surface area contributed by atoms with E-state index in [0.29, 0.717) is 11.0 Å². The molecule has 25 heavy (non-hydrogen) atoms. The molecule has 3 aromatic rings. The highest BCUT2D eigenvalue weighted by Gasteiger charge is 2.24. The summed E-state index contributed by atoms with van der Waals surface area (Å²) >= 11 is 3.26. The lowest BCUT2D eigenvalue weighted by molar-refractivity contribution is -0.385. The number of halogens is 2. The highest BCUT2D eigenvalue weighted by atomic mass is 79.9. The van der Waals surface area contributed by atoms with Crippen molar-refractivity contribution in [3.63, 3.8) is 0 Å². The van der Waals surface area contributed by atoms with E-state index in [0.717, 1.165) is 11.8 Å². The van der Waals surface area contributed by atoms with Crippen molar-refractivity contribution in [1.29, 1.82) is 0 Å². The summed E-state index contributed by atoms with van der Waals surface area (Å²) in [5.74, 6) is -0.882. The summed E-state index contributed by atoms with van der Waals surface area (Å²) in [5, 5.41) is 23.3. The smallest absolute Gasteiger partial charge is 0.303 e. The molecule has 0 fully saturated rings. The number of aromatic amines is 1. The first-order valence-corrected chi connectivity index (χ1v) is 7.70. The van der Waals surface area contributed by atoms with Crippen LogP contribution in [0.25, 0.3) is 0 Å². The number of nitrogens with zero attached hydrogens (tertiary/aromatic N) is 4. The van der Waals surface area contributed by atoms with E-state index in [9.17, 15) is 19.3 Å². The van der Waals surface area contributed by atoms with Crippen molar-refractivity contribution in [3.8, 4) is 0 Å². The molecule has 0 aliphatic carbocycles. The van der Waals surface area contributed by atoms with E-state index in [1.165, 1.54) is 16.8 Å². The maximum absolute atomic E-state index is 12.9. The summed E-state index contributed by atoms with van der Waals surface area (Å²) in [6.45, 7) is 0.360.